The van der Waals surface area contributed by atoms with Gasteiger partial charge in [-0.05, 0) is 36.5 Å². The van der Waals surface area contributed by atoms with E-state index in [4.69, 9.17) is 23.8 Å². The highest BCUT2D eigenvalue weighted by Crippen LogP contribution is 2.19. The highest BCUT2D eigenvalue weighted by Gasteiger charge is 2.10. The Hall–Kier alpha value is -1.79. The van der Waals surface area contributed by atoms with E-state index in [1.165, 1.54) is 6.20 Å². The first-order valence-corrected chi connectivity index (χ1v) is 6.51. The highest BCUT2D eigenvalue weighted by atomic mass is 35.5. The number of benzene rings is 1. The van der Waals surface area contributed by atoms with E-state index in [-0.39, 0.29) is 12.1 Å². The first kappa shape index (κ1) is 13.2. The summed E-state index contributed by atoms with van der Waals surface area (Å²) in [7, 11) is 0. The van der Waals surface area contributed by atoms with Gasteiger partial charge >= 0.3 is 0 Å². The molecule has 1 N–H and O–H groups in total. The van der Waals surface area contributed by atoms with Crippen molar-refractivity contribution >= 4 is 35.0 Å². The zero-order valence-electron chi connectivity index (χ0n) is 10.0. The van der Waals surface area contributed by atoms with Crippen LogP contribution in [0.2, 0.25) is 5.02 Å². The lowest BCUT2D eigenvalue weighted by Crippen LogP contribution is -2.03. The predicted octanol–water partition coefficient (Wildman–Crippen LogP) is 4.07. The van der Waals surface area contributed by atoms with Crippen LogP contribution in [0.4, 0.5) is 8.78 Å². The normalized spacial score (nSPS) is 11.2. The molecule has 0 atom stereocenters. The Kier molecular flexibility index (Phi) is 3.27. The Morgan fingerprint density at radius 1 is 1.30 bits per heavy atom. The van der Waals surface area contributed by atoms with Gasteiger partial charge in [0.15, 0.2) is 10.4 Å². The molecule has 1 aromatic carbocycles. The zero-order valence-corrected chi connectivity index (χ0v) is 11.6. The summed E-state index contributed by atoms with van der Waals surface area (Å²) in [6.45, 7) is 0.0943. The molecule has 0 saturated heterocycles. The maximum absolute atomic E-state index is 13.7. The van der Waals surface area contributed by atoms with Crippen molar-refractivity contribution in [2.24, 2.45) is 0 Å². The van der Waals surface area contributed by atoms with E-state index in [1.807, 2.05) is 0 Å². The molecule has 0 radical (unpaired) electrons. The maximum Gasteiger partial charge on any atom is 0.179 e. The third kappa shape index (κ3) is 2.32. The fourth-order valence-electron chi connectivity index (χ4n) is 2.00. The van der Waals surface area contributed by atoms with Crippen molar-refractivity contribution in [3.8, 4) is 0 Å². The summed E-state index contributed by atoms with van der Waals surface area (Å²) in [5.41, 5.74) is 1.40. The third-order valence-corrected chi connectivity index (χ3v) is 3.44. The van der Waals surface area contributed by atoms with Gasteiger partial charge in [0.05, 0.1) is 17.1 Å². The number of nitrogens with zero attached hydrogens (tertiary/aromatic N) is 2. The van der Waals surface area contributed by atoms with E-state index in [9.17, 15) is 8.78 Å². The van der Waals surface area contributed by atoms with E-state index in [1.54, 1.807) is 10.6 Å². The molecule has 0 aliphatic rings. The highest BCUT2D eigenvalue weighted by molar-refractivity contribution is 7.71. The average molecular weight is 312 g/mol. The molecule has 0 aliphatic carbocycles. The lowest BCUT2D eigenvalue weighted by molar-refractivity contribution is 0.577. The van der Waals surface area contributed by atoms with Crippen LogP contribution < -0.4 is 0 Å². The van der Waals surface area contributed by atoms with Crippen LogP contribution >= 0.6 is 23.8 Å². The van der Waals surface area contributed by atoms with Gasteiger partial charge in [-0.1, -0.05) is 11.6 Å². The van der Waals surface area contributed by atoms with Gasteiger partial charge < -0.3 is 4.98 Å². The topological polar surface area (TPSA) is 33.6 Å². The Morgan fingerprint density at radius 2 is 2.10 bits per heavy atom. The van der Waals surface area contributed by atoms with Crippen LogP contribution in [0.3, 0.4) is 0 Å². The molecule has 0 saturated carbocycles. The number of halogens is 3. The summed E-state index contributed by atoms with van der Waals surface area (Å²) in [4.78, 5) is 7.10. The summed E-state index contributed by atoms with van der Waals surface area (Å²) >= 11 is 11.0. The molecule has 0 spiro atoms. The van der Waals surface area contributed by atoms with Gasteiger partial charge in [-0.25, -0.2) is 13.8 Å². The van der Waals surface area contributed by atoms with Crippen LogP contribution in [-0.4, -0.2) is 14.5 Å². The molecule has 7 heteroatoms. The molecule has 102 valence electrons. The van der Waals surface area contributed by atoms with Crippen molar-refractivity contribution in [2.45, 2.75) is 6.54 Å². The number of H-pyrrole nitrogens is 1. The number of pyridine rings is 1. The molecular weight excluding hydrogens is 304 g/mol. The average Bonchev–Trinajstić information content (AvgIpc) is 2.69. The SMILES string of the molecule is Fc1ccc(F)c(Cn2c(=S)[nH]c3cc(Cl)cnc32)c1. The summed E-state index contributed by atoms with van der Waals surface area (Å²) in [5.74, 6) is -0.986. The largest absolute Gasteiger partial charge is 0.329 e. The number of imidazole rings is 1. The van der Waals surface area contributed by atoms with Gasteiger partial charge in [0.25, 0.3) is 0 Å². The van der Waals surface area contributed by atoms with E-state index >= 15 is 0 Å². The second kappa shape index (κ2) is 4.96. The molecule has 0 bridgehead atoms. The minimum absolute atomic E-state index is 0.0943. The zero-order chi connectivity index (χ0) is 14.3. The monoisotopic (exact) mass is 311 g/mol. The summed E-state index contributed by atoms with van der Waals surface area (Å²) in [5, 5.41) is 0.470. The molecule has 0 unspecified atom stereocenters. The Labute approximate surface area is 122 Å². The third-order valence-electron chi connectivity index (χ3n) is 2.91. The quantitative estimate of drug-likeness (QED) is 0.724. The lowest BCUT2D eigenvalue weighted by atomic mass is 10.2. The van der Waals surface area contributed by atoms with Crippen LogP contribution in [-0.2, 0) is 6.54 Å². The number of aromatic amines is 1. The van der Waals surface area contributed by atoms with Gasteiger partial charge in [0.2, 0.25) is 0 Å². The Bertz CT molecular complexity index is 856. The maximum atomic E-state index is 13.7. The predicted molar refractivity (Wildman–Crippen MR) is 75.4 cm³/mol. The number of nitrogens with one attached hydrogen (secondary N) is 1. The van der Waals surface area contributed by atoms with Crippen molar-refractivity contribution in [1.29, 1.82) is 0 Å². The molecule has 0 amide bonds. The van der Waals surface area contributed by atoms with Gasteiger partial charge in [-0.15, -0.1) is 0 Å². The fraction of sp³-hybridized carbons (Fsp3) is 0.0769. The van der Waals surface area contributed by atoms with E-state index in [2.05, 4.69) is 9.97 Å². The fourth-order valence-corrected chi connectivity index (χ4v) is 2.42. The molecular formula is C13H8ClF2N3S. The minimum Gasteiger partial charge on any atom is -0.329 e. The standard InChI is InChI=1S/C13H8ClF2N3S/c14-8-4-11-12(17-5-8)19(13(20)18-11)6-7-3-9(15)1-2-10(7)16/h1-5H,6H2,(H,18,20). The summed E-state index contributed by atoms with van der Waals surface area (Å²) in [6, 6.07) is 4.99. The van der Waals surface area contributed by atoms with Crippen LogP contribution in [0.25, 0.3) is 11.2 Å². The van der Waals surface area contributed by atoms with Crippen LogP contribution in [0.1, 0.15) is 5.56 Å². The molecule has 3 nitrogen and oxygen atoms in total. The smallest absolute Gasteiger partial charge is 0.179 e. The van der Waals surface area contributed by atoms with Crippen molar-refractivity contribution < 1.29 is 8.78 Å². The molecule has 3 aromatic rings. The van der Waals surface area contributed by atoms with Gasteiger partial charge in [-0.3, -0.25) is 4.57 Å². The Balaban J connectivity index is 2.13. The van der Waals surface area contributed by atoms with E-state index in [0.29, 0.717) is 21.0 Å². The van der Waals surface area contributed by atoms with Crippen molar-refractivity contribution in [2.75, 3.05) is 0 Å². The number of aromatic nitrogens is 3. The van der Waals surface area contributed by atoms with Crippen molar-refractivity contribution in [3.63, 3.8) is 0 Å². The first-order valence-electron chi connectivity index (χ1n) is 5.72. The molecule has 0 fully saturated rings. The minimum atomic E-state index is -0.497. The summed E-state index contributed by atoms with van der Waals surface area (Å²) < 4.78 is 28.9. The van der Waals surface area contributed by atoms with Crippen LogP contribution in [0.15, 0.2) is 30.5 Å². The van der Waals surface area contributed by atoms with Crippen LogP contribution in [0.5, 0.6) is 0 Å². The van der Waals surface area contributed by atoms with Gasteiger partial charge in [0, 0.05) is 11.8 Å². The number of fused-ring (bicyclic) bond motifs is 1. The number of rotatable bonds is 2. The first-order chi connectivity index (χ1) is 9.54. The second-order valence-corrected chi connectivity index (χ2v) is 5.10. The van der Waals surface area contributed by atoms with Crippen molar-refractivity contribution in [1.82, 2.24) is 14.5 Å². The molecule has 2 aromatic heterocycles. The second-order valence-electron chi connectivity index (χ2n) is 4.28. The molecule has 20 heavy (non-hydrogen) atoms. The van der Waals surface area contributed by atoms with Gasteiger partial charge in [-0.2, -0.15) is 0 Å². The molecule has 0 aliphatic heterocycles. The van der Waals surface area contributed by atoms with E-state index in [0.717, 1.165) is 18.2 Å². The van der Waals surface area contributed by atoms with Crippen molar-refractivity contribution in [3.05, 3.63) is 57.5 Å². The number of hydrogen-bond acceptors (Lipinski definition) is 2. The van der Waals surface area contributed by atoms with Gasteiger partial charge in [0.1, 0.15) is 11.6 Å². The summed E-state index contributed by atoms with van der Waals surface area (Å²) in [6.07, 6.45) is 1.48. The number of hydrogen-bond donors (Lipinski definition) is 1. The van der Waals surface area contributed by atoms with Crippen LogP contribution in [0, 0.1) is 16.4 Å². The Morgan fingerprint density at radius 3 is 2.90 bits per heavy atom. The lowest BCUT2D eigenvalue weighted by Gasteiger charge is -2.05. The molecule has 3 rings (SSSR count). The van der Waals surface area contributed by atoms with E-state index < -0.39 is 11.6 Å². The molecule has 2 heterocycles.